The summed E-state index contributed by atoms with van der Waals surface area (Å²) in [5.74, 6) is -0.675. The highest BCUT2D eigenvalue weighted by molar-refractivity contribution is 7.89. The maximum atomic E-state index is 13.0. The van der Waals surface area contributed by atoms with Crippen LogP contribution in [0.4, 0.5) is 4.39 Å². The number of sulfonamides is 1. The lowest BCUT2D eigenvalue weighted by Crippen LogP contribution is -2.50. The van der Waals surface area contributed by atoms with Crippen LogP contribution in [0.5, 0.6) is 0 Å². The normalized spacial score (nSPS) is 15.9. The van der Waals surface area contributed by atoms with Crippen LogP contribution in [-0.2, 0) is 10.0 Å². The minimum Gasteiger partial charge on any atom is -0.336 e. The van der Waals surface area contributed by atoms with Crippen molar-refractivity contribution in [3.8, 4) is 0 Å². The number of carbonyl (C=O) groups is 1. The minimum atomic E-state index is -3.75. The van der Waals surface area contributed by atoms with Crippen LogP contribution in [0.2, 0.25) is 10.0 Å². The van der Waals surface area contributed by atoms with Crippen LogP contribution in [0, 0.1) is 5.82 Å². The lowest BCUT2D eigenvalue weighted by Gasteiger charge is -2.34. The lowest BCUT2D eigenvalue weighted by atomic mass is 10.2. The van der Waals surface area contributed by atoms with E-state index in [2.05, 4.69) is 0 Å². The summed E-state index contributed by atoms with van der Waals surface area (Å²) in [4.78, 5) is 14.0. The van der Waals surface area contributed by atoms with Crippen LogP contribution in [0.1, 0.15) is 10.4 Å². The number of rotatable bonds is 3. The predicted molar refractivity (Wildman–Crippen MR) is 97.5 cm³/mol. The number of hydrogen-bond acceptors (Lipinski definition) is 3. The minimum absolute atomic E-state index is 0.0216. The topological polar surface area (TPSA) is 57.7 Å². The Labute approximate surface area is 161 Å². The molecule has 2 aromatic carbocycles. The summed E-state index contributed by atoms with van der Waals surface area (Å²) < 4.78 is 39.7. The fourth-order valence-corrected chi connectivity index (χ4v) is 4.88. The van der Waals surface area contributed by atoms with Gasteiger partial charge in [-0.2, -0.15) is 4.31 Å². The van der Waals surface area contributed by atoms with Crippen LogP contribution >= 0.6 is 23.2 Å². The molecule has 1 amide bonds. The predicted octanol–water partition coefficient (Wildman–Crippen LogP) is 3.28. The highest BCUT2D eigenvalue weighted by atomic mass is 35.5. The molecule has 1 heterocycles. The van der Waals surface area contributed by atoms with Crippen LogP contribution in [0.3, 0.4) is 0 Å². The number of nitrogens with zero attached hydrogens (tertiary/aromatic N) is 2. The molecule has 0 spiro atoms. The van der Waals surface area contributed by atoms with Gasteiger partial charge in [-0.25, -0.2) is 12.8 Å². The second-order valence-electron chi connectivity index (χ2n) is 5.81. The smallest absolute Gasteiger partial charge is 0.253 e. The fourth-order valence-electron chi connectivity index (χ4n) is 2.73. The van der Waals surface area contributed by atoms with E-state index in [0.29, 0.717) is 5.56 Å². The maximum Gasteiger partial charge on any atom is 0.253 e. The van der Waals surface area contributed by atoms with Gasteiger partial charge in [0.25, 0.3) is 5.91 Å². The van der Waals surface area contributed by atoms with Crippen LogP contribution < -0.4 is 0 Å². The molecule has 0 atom stereocenters. The average molecular weight is 417 g/mol. The van der Waals surface area contributed by atoms with Crippen molar-refractivity contribution in [2.75, 3.05) is 26.2 Å². The van der Waals surface area contributed by atoms with Crippen LogP contribution in [0.15, 0.2) is 47.4 Å². The zero-order valence-corrected chi connectivity index (χ0v) is 15.9. The van der Waals surface area contributed by atoms with E-state index >= 15 is 0 Å². The van der Waals surface area contributed by atoms with Crippen molar-refractivity contribution in [2.24, 2.45) is 0 Å². The summed E-state index contributed by atoms with van der Waals surface area (Å²) in [6, 6.07) is 9.41. The number of halogens is 3. The van der Waals surface area contributed by atoms with Crippen molar-refractivity contribution < 1.29 is 17.6 Å². The summed E-state index contributed by atoms with van der Waals surface area (Å²) in [5.41, 5.74) is 0.365. The number of benzene rings is 2. The Morgan fingerprint density at radius 1 is 0.923 bits per heavy atom. The standard InChI is InChI=1S/C17H15Cl2FN2O3S/c18-13-9-14(19)11-16(10-13)26(24,25)22-7-5-21(6-8-22)17(23)12-1-3-15(20)4-2-12/h1-4,9-11H,5-8H2. The van der Waals surface area contributed by atoms with E-state index in [-0.39, 0.29) is 47.0 Å². The van der Waals surface area contributed by atoms with E-state index in [4.69, 9.17) is 23.2 Å². The number of amides is 1. The molecule has 26 heavy (non-hydrogen) atoms. The van der Waals surface area contributed by atoms with Gasteiger partial charge in [0.1, 0.15) is 5.82 Å². The molecule has 1 aliphatic heterocycles. The van der Waals surface area contributed by atoms with Gasteiger partial charge < -0.3 is 4.90 Å². The number of piperazine rings is 1. The van der Waals surface area contributed by atoms with Crippen molar-refractivity contribution in [1.29, 1.82) is 0 Å². The van der Waals surface area contributed by atoms with Gasteiger partial charge in [-0.3, -0.25) is 4.79 Å². The molecule has 0 bridgehead atoms. The molecule has 138 valence electrons. The molecule has 1 fully saturated rings. The molecule has 5 nitrogen and oxygen atoms in total. The summed E-state index contributed by atoms with van der Waals surface area (Å²) >= 11 is 11.8. The molecule has 9 heteroatoms. The molecule has 0 unspecified atom stereocenters. The Morgan fingerprint density at radius 2 is 1.46 bits per heavy atom. The molecule has 1 saturated heterocycles. The molecule has 0 radical (unpaired) electrons. The van der Waals surface area contributed by atoms with E-state index in [0.717, 1.165) is 0 Å². The monoisotopic (exact) mass is 416 g/mol. The van der Waals surface area contributed by atoms with E-state index in [1.165, 1.54) is 46.8 Å². The van der Waals surface area contributed by atoms with Gasteiger partial charge in [0.05, 0.1) is 4.90 Å². The number of hydrogen-bond donors (Lipinski definition) is 0. The summed E-state index contributed by atoms with van der Waals surface area (Å²) in [7, 11) is -3.75. The van der Waals surface area contributed by atoms with Crippen molar-refractivity contribution in [2.45, 2.75) is 4.90 Å². The third-order valence-electron chi connectivity index (χ3n) is 4.09. The zero-order valence-electron chi connectivity index (χ0n) is 13.5. The van der Waals surface area contributed by atoms with Crippen molar-refractivity contribution in [1.82, 2.24) is 9.21 Å². The third kappa shape index (κ3) is 4.01. The summed E-state index contributed by atoms with van der Waals surface area (Å²) in [6.45, 7) is 0.784. The Balaban J connectivity index is 1.71. The van der Waals surface area contributed by atoms with Gasteiger partial charge in [-0.05, 0) is 42.5 Å². The van der Waals surface area contributed by atoms with Gasteiger partial charge in [0.15, 0.2) is 0 Å². The molecule has 0 aliphatic carbocycles. The Hall–Kier alpha value is -1.67. The molecule has 1 aliphatic rings. The third-order valence-corrected chi connectivity index (χ3v) is 6.40. The van der Waals surface area contributed by atoms with E-state index < -0.39 is 15.8 Å². The first-order valence-corrected chi connectivity index (χ1v) is 9.98. The van der Waals surface area contributed by atoms with Crippen LogP contribution in [0.25, 0.3) is 0 Å². The van der Waals surface area contributed by atoms with Crippen molar-refractivity contribution in [3.63, 3.8) is 0 Å². The van der Waals surface area contributed by atoms with Crippen molar-refractivity contribution in [3.05, 3.63) is 63.9 Å². The molecule has 3 rings (SSSR count). The lowest BCUT2D eigenvalue weighted by molar-refractivity contribution is 0.0698. The van der Waals surface area contributed by atoms with Gasteiger partial charge >= 0.3 is 0 Å². The fraction of sp³-hybridized carbons (Fsp3) is 0.235. The average Bonchev–Trinajstić information content (AvgIpc) is 2.61. The second-order valence-corrected chi connectivity index (χ2v) is 8.62. The molecular weight excluding hydrogens is 402 g/mol. The van der Waals surface area contributed by atoms with Gasteiger partial charge in [-0.15, -0.1) is 0 Å². The van der Waals surface area contributed by atoms with Gasteiger partial charge in [0, 0.05) is 41.8 Å². The Kier molecular flexibility index (Phi) is 5.53. The van der Waals surface area contributed by atoms with E-state index in [9.17, 15) is 17.6 Å². The molecule has 2 aromatic rings. The first-order chi connectivity index (χ1) is 12.3. The molecule has 0 aromatic heterocycles. The zero-order chi connectivity index (χ0) is 18.9. The molecular formula is C17H15Cl2FN2O3S. The second kappa shape index (κ2) is 7.52. The first-order valence-electron chi connectivity index (χ1n) is 7.78. The van der Waals surface area contributed by atoms with Gasteiger partial charge in [-0.1, -0.05) is 23.2 Å². The maximum absolute atomic E-state index is 13.0. The Bertz CT molecular complexity index is 907. The quantitative estimate of drug-likeness (QED) is 0.771. The SMILES string of the molecule is O=C(c1ccc(F)cc1)N1CCN(S(=O)(=O)c2cc(Cl)cc(Cl)c2)CC1. The first kappa shape index (κ1) is 19.1. The summed E-state index contributed by atoms with van der Waals surface area (Å²) in [5, 5.41) is 0.474. The van der Waals surface area contributed by atoms with Crippen LogP contribution in [-0.4, -0.2) is 49.7 Å². The highest BCUT2D eigenvalue weighted by Gasteiger charge is 2.30. The largest absolute Gasteiger partial charge is 0.336 e. The van der Waals surface area contributed by atoms with Crippen molar-refractivity contribution >= 4 is 39.1 Å². The Morgan fingerprint density at radius 3 is 2.00 bits per heavy atom. The highest BCUT2D eigenvalue weighted by Crippen LogP contribution is 2.25. The van der Waals surface area contributed by atoms with E-state index in [1.807, 2.05) is 0 Å². The molecule has 0 saturated carbocycles. The summed E-state index contributed by atoms with van der Waals surface area (Å²) in [6.07, 6.45) is 0. The number of carbonyl (C=O) groups excluding carboxylic acids is 1. The van der Waals surface area contributed by atoms with Gasteiger partial charge in [0.2, 0.25) is 10.0 Å². The van der Waals surface area contributed by atoms with E-state index in [1.54, 1.807) is 4.90 Å². The molecule has 0 N–H and O–H groups in total.